The molecule has 0 spiro atoms. The van der Waals surface area contributed by atoms with Crippen molar-refractivity contribution in [2.24, 2.45) is 5.92 Å². The predicted octanol–water partition coefficient (Wildman–Crippen LogP) is 1.96. The van der Waals surface area contributed by atoms with E-state index in [0.29, 0.717) is 5.75 Å². The Balaban J connectivity index is 2.46. The number of hydrogen-bond donors (Lipinski definition) is 1. The average molecular weight is 351 g/mol. The fourth-order valence-electron chi connectivity index (χ4n) is 1.38. The molecule has 1 aromatic carbocycles. The van der Waals surface area contributed by atoms with Gasteiger partial charge in [0.15, 0.2) is 9.84 Å². The normalized spacial score (nSPS) is 12.9. The highest BCUT2D eigenvalue weighted by atomic mass is 79.9. The van der Waals surface area contributed by atoms with Crippen molar-refractivity contribution in [3.63, 3.8) is 0 Å². The largest absolute Gasteiger partial charge is 0.492 e. The SMILES string of the molecule is CC(CS(=O)(=O)CCOc1cccc(Br)c1)C(=O)O. The van der Waals surface area contributed by atoms with Gasteiger partial charge in [0.25, 0.3) is 0 Å². The summed E-state index contributed by atoms with van der Waals surface area (Å²) in [4.78, 5) is 10.6. The number of carboxylic acids is 1. The number of hydrogen-bond acceptors (Lipinski definition) is 4. The molecule has 1 N–H and O–H groups in total. The van der Waals surface area contributed by atoms with Gasteiger partial charge in [-0.25, -0.2) is 8.42 Å². The molecule has 0 bridgehead atoms. The molecule has 0 aliphatic carbocycles. The first kappa shape index (κ1) is 16.0. The Morgan fingerprint density at radius 3 is 2.74 bits per heavy atom. The van der Waals surface area contributed by atoms with Gasteiger partial charge in [0.2, 0.25) is 0 Å². The maximum atomic E-state index is 11.6. The molecule has 1 atom stereocenters. The van der Waals surface area contributed by atoms with E-state index >= 15 is 0 Å². The van der Waals surface area contributed by atoms with Crippen LogP contribution in [0.2, 0.25) is 0 Å². The Labute approximate surface area is 120 Å². The number of benzene rings is 1. The zero-order valence-corrected chi connectivity index (χ0v) is 12.8. The van der Waals surface area contributed by atoms with Crippen molar-refractivity contribution in [2.75, 3.05) is 18.1 Å². The number of carbonyl (C=O) groups is 1. The fourth-order valence-corrected chi connectivity index (χ4v) is 3.17. The highest BCUT2D eigenvalue weighted by Crippen LogP contribution is 2.17. The van der Waals surface area contributed by atoms with Crippen LogP contribution in [-0.4, -0.2) is 37.6 Å². The van der Waals surface area contributed by atoms with Crippen LogP contribution in [0.3, 0.4) is 0 Å². The van der Waals surface area contributed by atoms with Crippen LogP contribution in [0, 0.1) is 5.92 Å². The molecule has 19 heavy (non-hydrogen) atoms. The van der Waals surface area contributed by atoms with Gasteiger partial charge < -0.3 is 9.84 Å². The second-order valence-electron chi connectivity index (χ2n) is 4.16. The highest BCUT2D eigenvalue weighted by molar-refractivity contribution is 9.10. The van der Waals surface area contributed by atoms with Crippen LogP contribution in [0.5, 0.6) is 5.75 Å². The molecule has 5 nitrogen and oxygen atoms in total. The van der Waals surface area contributed by atoms with Crippen LogP contribution in [0.1, 0.15) is 6.92 Å². The van der Waals surface area contributed by atoms with Crippen LogP contribution in [0.15, 0.2) is 28.7 Å². The monoisotopic (exact) mass is 350 g/mol. The van der Waals surface area contributed by atoms with Gasteiger partial charge in [-0.2, -0.15) is 0 Å². The van der Waals surface area contributed by atoms with Crippen LogP contribution in [0.4, 0.5) is 0 Å². The molecule has 0 radical (unpaired) electrons. The highest BCUT2D eigenvalue weighted by Gasteiger charge is 2.20. The molecular formula is C12H15BrO5S. The molecule has 0 saturated heterocycles. The molecule has 0 fully saturated rings. The first-order valence-corrected chi connectivity index (χ1v) is 8.23. The van der Waals surface area contributed by atoms with E-state index in [4.69, 9.17) is 9.84 Å². The molecule has 0 aliphatic heterocycles. The lowest BCUT2D eigenvalue weighted by molar-refractivity contribution is -0.140. The van der Waals surface area contributed by atoms with Gasteiger partial charge in [0.1, 0.15) is 12.4 Å². The molecule has 7 heteroatoms. The van der Waals surface area contributed by atoms with Crippen molar-refractivity contribution in [3.8, 4) is 5.75 Å². The summed E-state index contributed by atoms with van der Waals surface area (Å²) in [6, 6.07) is 7.06. The van der Waals surface area contributed by atoms with E-state index in [-0.39, 0.29) is 18.1 Å². The van der Waals surface area contributed by atoms with Crippen molar-refractivity contribution in [3.05, 3.63) is 28.7 Å². The Morgan fingerprint density at radius 2 is 2.16 bits per heavy atom. The van der Waals surface area contributed by atoms with E-state index in [1.54, 1.807) is 18.2 Å². The molecule has 0 amide bonds. The summed E-state index contributed by atoms with van der Waals surface area (Å²) in [5, 5.41) is 8.68. The summed E-state index contributed by atoms with van der Waals surface area (Å²) in [6.07, 6.45) is 0. The van der Waals surface area contributed by atoms with Gasteiger partial charge in [-0.3, -0.25) is 4.79 Å². The predicted molar refractivity (Wildman–Crippen MR) is 75.1 cm³/mol. The lowest BCUT2D eigenvalue weighted by atomic mass is 10.2. The third-order valence-corrected chi connectivity index (χ3v) is 4.67. The topological polar surface area (TPSA) is 80.7 Å². The molecule has 0 aliphatic rings. The average Bonchev–Trinajstić information content (AvgIpc) is 2.27. The van der Waals surface area contributed by atoms with Crippen LogP contribution in [0.25, 0.3) is 0 Å². The van der Waals surface area contributed by atoms with Crippen LogP contribution in [-0.2, 0) is 14.6 Å². The van der Waals surface area contributed by atoms with Crippen molar-refractivity contribution in [1.82, 2.24) is 0 Å². The second-order valence-corrected chi connectivity index (χ2v) is 7.30. The van der Waals surface area contributed by atoms with Crippen molar-refractivity contribution in [1.29, 1.82) is 0 Å². The number of aliphatic carboxylic acids is 1. The molecule has 0 saturated carbocycles. The molecule has 1 unspecified atom stereocenters. The smallest absolute Gasteiger partial charge is 0.307 e. The van der Waals surface area contributed by atoms with E-state index in [1.807, 2.05) is 6.07 Å². The summed E-state index contributed by atoms with van der Waals surface area (Å²) < 4.78 is 29.4. The first-order valence-electron chi connectivity index (χ1n) is 5.62. The van der Waals surface area contributed by atoms with Gasteiger partial charge in [0, 0.05) is 4.47 Å². The Morgan fingerprint density at radius 1 is 1.47 bits per heavy atom. The number of halogens is 1. The first-order chi connectivity index (χ1) is 8.80. The minimum atomic E-state index is -3.42. The number of rotatable bonds is 7. The third-order valence-electron chi connectivity index (χ3n) is 2.38. The van der Waals surface area contributed by atoms with Crippen molar-refractivity contribution in [2.45, 2.75) is 6.92 Å². The molecule has 1 rings (SSSR count). The summed E-state index contributed by atoms with van der Waals surface area (Å²) in [5.74, 6) is -2.02. The lowest BCUT2D eigenvalue weighted by Crippen LogP contribution is -2.25. The lowest BCUT2D eigenvalue weighted by Gasteiger charge is -2.09. The van der Waals surface area contributed by atoms with Gasteiger partial charge in [-0.1, -0.05) is 28.9 Å². The van der Waals surface area contributed by atoms with E-state index < -0.39 is 21.7 Å². The Hall–Kier alpha value is -1.08. The third kappa shape index (κ3) is 6.07. The van der Waals surface area contributed by atoms with Crippen molar-refractivity contribution < 1.29 is 23.1 Å². The quantitative estimate of drug-likeness (QED) is 0.812. The van der Waals surface area contributed by atoms with Crippen LogP contribution < -0.4 is 4.74 Å². The molecular weight excluding hydrogens is 336 g/mol. The van der Waals surface area contributed by atoms with Crippen LogP contribution >= 0.6 is 15.9 Å². The van der Waals surface area contributed by atoms with Gasteiger partial charge >= 0.3 is 5.97 Å². The van der Waals surface area contributed by atoms with Gasteiger partial charge in [0.05, 0.1) is 17.4 Å². The zero-order valence-electron chi connectivity index (χ0n) is 10.4. The summed E-state index contributed by atoms with van der Waals surface area (Å²) in [7, 11) is -3.42. The maximum Gasteiger partial charge on any atom is 0.307 e. The van der Waals surface area contributed by atoms with Crippen molar-refractivity contribution >= 4 is 31.7 Å². The Kier molecular flexibility index (Phi) is 5.81. The standard InChI is InChI=1S/C12H15BrO5S/c1-9(12(14)15)8-19(16,17)6-5-18-11-4-2-3-10(13)7-11/h2-4,7,9H,5-6,8H2,1H3,(H,14,15). The van der Waals surface area contributed by atoms with Gasteiger partial charge in [-0.05, 0) is 18.2 Å². The Bertz CT molecular complexity index is 541. The molecule has 0 heterocycles. The summed E-state index contributed by atoms with van der Waals surface area (Å²) in [6.45, 7) is 1.38. The zero-order chi connectivity index (χ0) is 14.5. The second kappa shape index (κ2) is 6.91. The number of carboxylic acid groups (broad SMARTS) is 1. The molecule has 0 aromatic heterocycles. The summed E-state index contributed by atoms with van der Waals surface area (Å²) >= 11 is 3.28. The summed E-state index contributed by atoms with van der Waals surface area (Å²) in [5.41, 5.74) is 0. The van der Waals surface area contributed by atoms with Gasteiger partial charge in [-0.15, -0.1) is 0 Å². The molecule has 106 valence electrons. The van der Waals surface area contributed by atoms with E-state index in [1.165, 1.54) is 6.92 Å². The number of sulfone groups is 1. The van der Waals surface area contributed by atoms with E-state index in [9.17, 15) is 13.2 Å². The van der Waals surface area contributed by atoms with E-state index in [0.717, 1.165) is 4.47 Å². The minimum absolute atomic E-state index is 0.00509. The maximum absolute atomic E-state index is 11.6. The number of ether oxygens (including phenoxy) is 1. The fraction of sp³-hybridized carbons (Fsp3) is 0.417. The van der Waals surface area contributed by atoms with E-state index in [2.05, 4.69) is 15.9 Å². The molecule has 1 aromatic rings. The minimum Gasteiger partial charge on any atom is -0.492 e.